The lowest BCUT2D eigenvalue weighted by molar-refractivity contribution is -0.122. The van der Waals surface area contributed by atoms with Crippen molar-refractivity contribution in [1.29, 1.82) is 0 Å². The molecule has 0 saturated heterocycles. The maximum Gasteiger partial charge on any atom is 0.244 e. The predicted octanol–water partition coefficient (Wildman–Crippen LogP) is 1.78. The minimum absolute atomic E-state index is 0.170. The van der Waals surface area contributed by atoms with Gasteiger partial charge in [0.25, 0.3) is 0 Å². The normalized spacial score (nSPS) is 20.1. The van der Waals surface area contributed by atoms with E-state index in [0.29, 0.717) is 6.42 Å². The zero-order valence-electron chi connectivity index (χ0n) is 13.8. The molecule has 0 fully saturated rings. The van der Waals surface area contributed by atoms with E-state index in [9.17, 15) is 13.2 Å². The Labute approximate surface area is 147 Å². The molecule has 6 heteroatoms. The van der Waals surface area contributed by atoms with Gasteiger partial charge in [0.2, 0.25) is 15.9 Å². The molecule has 0 radical (unpaired) electrons. The molecule has 0 bridgehead atoms. The summed E-state index contributed by atoms with van der Waals surface area (Å²) in [6, 6.07) is 12.0. The monoisotopic (exact) mass is 356 g/mol. The molecular weight excluding hydrogens is 336 g/mol. The molecule has 25 heavy (non-hydrogen) atoms. The number of primary amides is 1. The van der Waals surface area contributed by atoms with Gasteiger partial charge < -0.3 is 5.73 Å². The molecule has 0 aromatic heterocycles. The van der Waals surface area contributed by atoms with Crippen molar-refractivity contribution in [3.8, 4) is 0 Å². The fourth-order valence-corrected chi connectivity index (χ4v) is 5.46. The molecule has 1 aliphatic carbocycles. The van der Waals surface area contributed by atoms with Crippen LogP contribution in [0.5, 0.6) is 0 Å². The SMILES string of the molecule is NC(=O)C1Cc2ccccc2CN1S(=O)(=O)c1ccc2c(c1)CCC2. The van der Waals surface area contributed by atoms with Crippen molar-refractivity contribution < 1.29 is 13.2 Å². The van der Waals surface area contributed by atoms with Crippen LogP contribution in [0.4, 0.5) is 0 Å². The van der Waals surface area contributed by atoms with E-state index in [2.05, 4.69) is 0 Å². The largest absolute Gasteiger partial charge is 0.368 e. The molecule has 1 atom stereocenters. The smallest absolute Gasteiger partial charge is 0.244 e. The maximum absolute atomic E-state index is 13.2. The van der Waals surface area contributed by atoms with Crippen molar-refractivity contribution >= 4 is 15.9 Å². The van der Waals surface area contributed by atoms with Crippen LogP contribution in [0.3, 0.4) is 0 Å². The first-order chi connectivity index (χ1) is 12.0. The number of nitrogens with zero attached hydrogens (tertiary/aromatic N) is 1. The Bertz CT molecular complexity index is 953. The van der Waals surface area contributed by atoms with E-state index in [1.165, 1.54) is 9.87 Å². The van der Waals surface area contributed by atoms with E-state index in [1.807, 2.05) is 30.3 Å². The number of sulfonamides is 1. The minimum atomic E-state index is -3.79. The fourth-order valence-electron chi connectivity index (χ4n) is 3.84. The van der Waals surface area contributed by atoms with Crippen LogP contribution in [-0.4, -0.2) is 24.7 Å². The van der Waals surface area contributed by atoms with Gasteiger partial charge in [-0.1, -0.05) is 30.3 Å². The third kappa shape index (κ3) is 2.75. The second kappa shape index (κ2) is 5.97. The number of fused-ring (bicyclic) bond motifs is 2. The van der Waals surface area contributed by atoms with Crippen LogP contribution in [0.25, 0.3) is 0 Å². The Hall–Kier alpha value is -2.18. The molecule has 2 aromatic carbocycles. The molecule has 0 spiro atoms. The fraction of sp³-hybridized carbons (Fsp3) is 0.316. The molecule has 1 amide bonds. The summed E-state index contributed by atoms with van der Waals surface area (Å²) in [4.78, 5) is 12.2. The molecule has 4 rings (SSSR count). The van der Waals surface area contributed by atoms with E-state index in [-0.39, 0.29) is 11.4 Å². The second-order valence-electron chi connectivity index (χ2n) is 6.73. The van der Waals surface area contributed by atoms with E-state index >= 15 is 0 Å². The number of rotatable bonds is 3. The van der Waals surface area contributed by atoms with E-state index in [1.54, 1.807) is 12.1 Å². The molecule has 2 aliphatic rings. The van der Waals surface area contributed by atoms with Gasteiger partial charge in [-0.05, 0) is 60.1 Å². The molecule has 5 nitrogen and oxygen atoms in total. The third-order valence-corrected chi connectivity index (χ3v) is 7.06. The van der Waals surface area contributed by atoms with Crippen LogP contribution in [0.1, 0.15) is 28.7 Å². The highest BCUT2D eigenvalue weighted by Gasteiger charge is 2.38. The third-order valence-electron chi connectivity index (χ3n) is 5.21. The Kier molecular flexibility index (Phi) is 3.89. The molecule has 1 aliphatic heterocycles. The van der Waals surface area contributed by atoms with Crippen molar-refractivity contribution in [3.63, 3.8) is 0 Å². The van der Waals surface area contributed by atoms with Gasteiger partial charge in [0.15, 0.2) is 0 Å². The number of hydrogen-bond donors (Lipinski definition) is 1. The number of nitrogens with two attached hydrogens (primary N) is 1. The predicted molar refractivity (Wildman–Crippen MR) is 94.3 cm³/mol. The summed E-state index contributed by atoms with van der Waals surface area (Å²) in [6.45, 7) is 0.170. The second-order valence-corrected chi connectivity index (χ2v) is 8.62. The first kappa shape index (κ1) is 16.3. The van der Waals surface area contributed by atoms with Crippen LogP contribution < -0.4 is 5.73 Å². The quantitative estimate of drug-likeness (QED) is 0.910. The zero-order valence-corrected chi connectivity index (χ0v) is 14.6. The molecule has 2 aromatic rings. The van der Waals surface area contributed by atoms with Gasteiger partial charge in [0.05, 0.1) is 4.90 Å². The summed E-state index contributed by atoms with van der Waals surface area (Å²) in [5.74, 6) is -0.612. The van der Waals surface area contributed by atoms with E-state index < -0.39 is 22.0 Å². The standard InChI is InChI=1S/C19H20N2O3S/c20-19(22)18-11-15-4-1-2-5-16(15)12-21(18)25(23,24)17-9-8-13-6-3-7-14(13)10-17/h1-2,4-5,8-10,18H,3,6-7,11-12H2,(H2,20,22). The average molecular weight is 356 g/mol. The molecule has 0 saturated carbocycles. The number of aryl methyl sites for hydroxylation is 2. The highest BCUT2D eigenvalue weighted by Crippen LogP contribution is 2.31. The number of hydrogen-bond acceptors (Lipinski definition) is 3. The molecule has 2 N–H and O–H groups in total. The highest BCUT2D eigenvalue weighted by molar-refractivity contribution is 7.89. The lowest BCUT2D eigenvalue weighted by Gasteiger charge is -2.34. The van der Waals surface area contributed by atoms with Gasteiger partial charge in [0.1, 0.15) is 6.04 Å². The lowest BCUT2D eigenvalue weighted by Crippen LogP contribution is -2.51. The van der Waals surface area contributed by atoms with Gasteiger partial charge in [0, 0.05) is 6.54 Å². The van der Waals surface area contributed by atoms with Crippen molar-refractivity contribution in [2.45, 2.75) is 43.2 Å². The Balaban J connectivity index is 1.77. The number of benzene rings is 2. The average Bonchev–Trinajstić information content (AvgIpc) is 3.08. The summed E-state index contributed by atoms with van der Waals surface area (Å²) >= 11 is 0. The molecule has 1 unspecified atom stereocenters. The first-order valence-corrected chi connectivity index (χ1v) is 9.90. The Morgan fingerprint density at radius 3 is 2.48 bits per heavy atom. The Morgan fingerprint density at radius 2 is 1.72 bits per heavy atom. The van der Waals surface area contributed by atoms with Crippen LogP contribution in [-0.2, 0) is 40.6 Å². The van der Waals surface area contributed by atoms with E-state index in [0.717, 1.165) is 36.0 Å². The van der Waals surface area contributed by atoms with Crippen molar-refractivity contribution in [1.82, 2.24) is 4.31 Å². The summed E-state index contributed by atoms with van der Waals surface area (Å²) in [7, 11) is -3.79. The summed E-state index contributed by atoms with van der Waals surface area (Å²) < 4.78 is 27.7. The first-order valence-electron chi connectivity index (χ1n) is 8.46. The van der Waals surface area contributed by atoms with Gasteiger partial charge in [-0.2, -0.15) is 4.31 Å². The lowest BCUT2D eigenvalue weighted by atomic mass is 9.96. The van der Waals surface area contributed by atoms with Gasteiger partial charge in [-0.25, -0.2) is 8.42 Å². The minimum Gasteiger partial charge on any atom is -0.368 e. The molecule has 1 heterocycles. The van der Waals surface area contributed by atoms with Gasteiger partial charge in [-0.3, -0.25) is 4.79 Å². The van der Waals surface area contributed by atoms with Crippen LogP contribution >= 0.6 is 0 Å². The summed E-state index contributed by atoms with van der Waals surface area (Å²) in [5, 5.41) is 0. The molecule has 130 valence electrons. The Morgan fingerprint density at radius 1 is 1.00 bits per heavy atom. The number of amides is 1. The number of carbonyl (C=O) groups excluding carboxylic acids is 1. The molecular formula is C19H20N2O3S. The van der Waals surface area contributed by atoms with Crippen molar-refractivity contribution in [2.24, 2.45) is 5.73 Å². The van der Waals surface area contributed by atoms with Crippen LogP contribution in [0.15, 0.2) is 47.4 Å². The summed E-state index contributed by atoms with van der Waals surface area (Å²) in [6.07, 6.45) is 3.27. The van der Waals surface area contributed by atoms with Crippen LogP contribution in [0, 0.1) is 0 Å². The highest BCUT2D eigenvalue weighted by atomic mass is 32.2. The maximum atomic E-state index is 13.2. The topological polar surface area (TPSA) is 80.5 Å². The van der Waals surface area contributed by atoms with Crippen molar-refractivity contribution in [2.75, 3.05) is 0 Å². The van der Waals surface area contributed by atoms with Gasteiger partial charge >= 0.3 is 0 Å². The van der Waals surface area contributed by atoms with Crippen LogP contribution in [0.2, 0.25) is 0 Å². The van der Waals surface area contributed by atoms with Crippen molar-refractivity contribution in [3.05, 3.63) is 64.7 Å². The van der Waals surface area contributed by atoms with Gasteiger partial charge in [-0.15, -0.1) is 0 Å². The van der Waals surface area contributed by atoms with E-state index in [4.69, 9.17) is 5.73 Å². The summed E-state index contributed by atoms with van der Waals surface area (Å²) in [5.41, 5.74) is 9.74. The number of carbonyl (C=O) groups is 1. The zero-order chi connectivity index (χ0) is 17.6.